The molecule has 0 aromatic heterocycles. The van der Waals surface area contributed by atoms with Gasteiger partial charge in [-0.3, -0.25) is 4.79 Å². The summed E-state index contributed by atoms with van der Waals surface area (Å²) >= 11 is 0. The molecule has 0 bridgehead atoms. The summed E-state index contributed by atoms with van der Waals surface area (Å²) in [5, 5.41) is 6.36. The first-order valence-electron chi connectivity index (χ1n) is 8.07. The van der Waals surface area contributed by atoms with E-state index in [1.54, 1.807) is 0 Å². The summed E-state index contributed by atoms with van der Waals surface area (Å²) in [6, 6.07) is 8.70. The zero-order valence-corrected chi connectivity index (χ0v) is 13.6. The molecule has 2 N–H and O–H groups in total. The fraction of sp³-hybridized carbons (Fsp3) is 0.611. The SMILES string of the molecule is CC(C)Cc1ccc(C(C)NC(=O)C(C)C2CNC2)cc1. The van der Waals surface area contributed by atoms with Crippen molar-refractivity contribution >= 4 is 5.91 Å². The van der Waals surface area contributed by atoms with Gasteiger partial charge in [0.25, 0.3) is 0 Å². The maximum absolute atomic E-state index is 12.2. The van der Waals surface area contributed by atoms with Gasteiger partial charge < -0.3 is 10.6 Å². The predicted molar refractivity (Wildman–Crippen MR) is 87.1 cm³/mol. The van der Waals surface area contributed by atoms with E-state index in [4.69, 9.17) is 0 Å². The molecule has 0 spiro atoms. The summed E-state index contributed by atoms with van der Waals surface area (Å²) in [5.41, 5.74) is 2.54. The summed E-state index contributed by atoms with van der Waals surface area (Å²) in [5.74, 6) is 1.42. The Hall–Kier alpha value is -1.35. The quantitative estimate of drug-likeness (QED) is 0.845. The molecular formula is C18H28N2O. The van der Waals surface area contributed by atoms with Gasteiger partial charge >= 0.3 is 0 Å². The second-order valence-electron chi connectivity index (χ2n) is 6.78. The first kappa shape index (κ1) is 16.0. The molecule has 3 heteroatoms. The summed E-state index contributed by atoms with van der Waals surface area (Å²) < 4.78 is 0. The lowest BCUT2D eigenvalue weighted by Crippen LogP contribution is -2.49. The van der Waals surface area contributed by atoms with Gasteiger partial charge in [-0.05, 0) is 49.4 Å². The number of benzene rings is 1. The van der Waals surface area contributed by atoms with E-state index in [1.807, 2.05) is 6.92 Å². The highest BCUT2D eigenvalue weighted by Gasteiger charge is 2.29. The second-order valence-corrected chi connectivity index (χ2v) is 6.78. The summed E-state index contributed by atoms with van der Waals surface area (Å²) in [6.45, 7) is 10.5. The molecule has 2 unspecified atom stereocenters. The highest BCUT2D eigenvalue weighted by molar-refractivity contribution is 5.79. The molecule has 1 fully saturated rings. The molecule has 0 aliphatic carbocycles. The average Bonchev–Trinajstić information content (AvgIpc) is 2.36. The molecule has 0 saturated carbocycles. The average molecular weight is 288 g/mol. The highest BCUT2D eigenvalue weighted by atomic mass is 16.1. The van der Waals surface area contributed by atoms with Crippen molar-refractivity contribution < 1.29 is 4.79 Å². The number of amides is 1. The number of carbonyl (C=O) groups excluding carboxylic acids is 1. The molecular weight excluding hydrogens is 260 g/mol. The third kappa shape index (κ3) is 4.31. The Kier molecular flexibility index (Phi) is 5.40. The zero-order valence-electron chi connectivity index (χ0n) is 13.6. The third-order valence-corrected chi connectivity index (χ3v) is 4.42. The van der Waals surface area contributed by atoms with Crippen LogP contribution in [0.1, 0.15) is 44.9 Å². The predicted octanol–water partition coefficient (Wildman–Crippen LogP) is 2.92. The maximum atomic E-state index is 12.2. The van der Waals surface area contributed by atoms with Gasteiger partial charge in [0.15, 0.2) is 0 Å². The molecule has 1 aliphatic rings. The molecule has 1 aromatic rings. The number of nitrogens with one attached hydrogen (secondary N) is 2. The highest BCUT2D eigenvalue weighted by Crippen LogP contribution is 2.19. The maximum Gasteiger partial charge on any atom is 0.223 e. The van der Waals surface area contributed by atoms with Crippen molar-refractivity contribution in [2.45, 2.75) is 40.2 Å². The summed E-state index contributed by atoms with van der Waals surface area (Å²) in [7, 11) is 0. The van der Waals surface area contributed by atoms with Crippen LogP contribution in [0.15, 0.2) is 24.3 Å². The van der Waals surface area contributed by atoms with E-state index in [0.29, 0.717) is 11.8 Å². The topological polar surface area (TPSA) is 41.1 Å². The monoisotopic (exact) mass is 288 g/mol. The lowest BCUT2D eigenvalue weighted by molar-refractivity contribution is -0.127. The Morgan fingerprint density at radius 2 is 1.81 bits per heavy atom. The van der Waals surface area contributed by atoms with Gasteiger partial charge in [-0.15, -0.1) is 0 Å². The van der Waals surface area contributed by atoms with Crippen LogP contribution in [0, 0.1) is 17.8 Å². The minimum absolute atomic E-state index is 0.0704. The second kappa shape index (κ2) is 7.08. The minimum atomic E-state index is 0.0704. The van der Waals surface area contributed by atoms with Crippen LogP contribution in [0.2, 0.25) is 0 Å². The fourth-order valence-corrected chi connectivity index (χ4v) is 2.72. The number of carbonyl (C=O) groups is 1. The fourth-order valence-electron chi connectivity index (χ4n) is 2.72. The van der Waals surface area contributed by atoms with Crippen LogP contribution in [-0.4, -0.2) is 19.0 Å². The van der Waals surface area contributed by atoms with E-state index in [-0.39, 0.29) is 17.9 Å². The van der Waals surface area contributed by atoms with Crippen molar-refractivity contribution in [1.82, 2.24) is 10.6 Å². The molecule has 1 aromatic carbocycles. The first-order valence-corrected chi connectivity index (χ1v) is 8.07. The molecule has 0 radical (unpaired) electrons. The van der Waals surface area contributed by atoms with Crippen LogP contribution in [0.25, 0.3) is 0 Å². The van der Waals surface area contributed by atoms with Crippen molar-refractivity contribution in [3.8, 4) is 0 Å². The smallest absolute Gasteiger partial charge is 0.223 e. The Morgan fingerprint density at radius 3 is 2.29 bits per heavy atom. The van der Waals surface area contributed by atoms with Crippen molar-refractivity contribution in [2.75, 3.05) is 13.1 Å². The number of rotatable bonds is 6. The Balaban J connectivity index is 1.90. The first-order chi connectivity index (χ1) is 9.97. The van der Waals surface area contributed by atoms with Gasteiger partial charge in [0, 0.05) is 5.92 Å². The molecule has 1 amide bonds. The van der Waals surface area contributed by atoms with Crippen molar-refractivity contribution in [2.24, 2.45) is 17.8 Å². The molecule has 2 rings (SSSR count). The number of hydrogen-bond acceptors (Lipinski definition) is 2. The summed E-state index contributed by atoms with van der Waals surface area (Å²) in [4.78, 5) is 12.2. The van der Waals surface area contributed by atoms with Gasteiger partial charge in [0.2, 0.25) is 5.91 Å². The van der Waals surface area contributed by atoms with Crippen molar-refractivity contribution in [3.05, 3.63) is 35.4 Å². The minimum Gasteiger partial charge on any atom is -0.349 e. The summed E-state index contributed by atoms with van der Waals surface area (Å²) in [6.07, 6.45) is 1.10. The Labute approximate surface area is 128 Å². The molecule has 1 heterocycles. The number of hydrogen-bond donors (Lipinski definition) is 2. The van der Waals surface area contributed by atoms with Gasteiger partial charge in [0.05, 0.1) is 6.04 Å². The van der Waals surface area contributed by atoms with E-state index in [2.05, 4.69) is 55.7 Å². The van der Waals surface area contributed by atoms with E-state index in [1.165, 1.54) is 11.1 Å². The van der Waals surface area contributed by atoms with Crippen LogP contribution in [0.5, 0.6) is 0 Å². The molecule has 1 aliphatic heterocycles. The normalized spacial score (nSPS) is 18.1. The van der Waals surface area contributed by atoms with E-state index in [0.717, 1.165) is 19.5 Å². The van der Waals surface area contributed by atoms with Crippen LogP contribution in [0.4, 0.5) is 0 Å². The Bertz CT molecular complexity index is 463. The van der Waals surface area contributed by atoms with Crippen LogP contribution < -0.4 is 10.6 Å². The van der Waals surface area contributed by atoms with Crippen molar-refractivity contribution in [3.63, 3.8) is 0 Å². The van der Waals surface area contributed by atoms with Crippen molar-refractivity contribution in [1.29, 1.82) is 0 Å². The third-order valence-electron chi connectivity index (χ3n) is 4.42. The lowest BCUT2D eigenvalue weighted by Gasteiger charge is -2.32. The van der Waals surface area contributed by atoms with Gasteiger partial charge in [-0.1, -0.05) is 45.0 Å². The standard InChI is InChI=1S/C18H28N2O/c1-12(2)9-15-5-7-16(8-6-15)14(4)20-18(21)13(3)17-10-19-11-17/h5-8,12-14,17,19H,9-11H2,1-4H3,(H,20,21). The lowest BCUT2D eigenvalue weighted by atomic mass is 9.88. The van der Waals surface area contributed by atoms with Gasteiger partial charge in [-0.2, -0.15) is 0 Å². The molecule has 2 atom stereocenters. The zero-order chi connectivity index (χ0) is 15.4. The van der Waals surface area contributed by atoms with Gasteiger partial charge in [-0.25, -0.2) is 0 Å². The van der Waals surface area contributed by atoms with E-state index in [9.17, 15) is 4.79 Å². The molecule has 3 nitrogen and oxygen atoms in total. The van der Waals surface area contributed by atoms with Crippen LogP contribution in [-0.2, 0) is 11.2 Å². The van der Waals surface area contributed by atoms with E-state index >= 15 is 0 Å². The molecule has 1 saturated heterocycles. The molecule has 21 heavy (non-hydrogen) atoms. The van der Waals surface area contributed by atoms with E-state index < -0.39 is 0 Å². The molecule has 116 valence electrons. The Morgan fingerprint density at radius 1 is 1.19 bits per heavy atom. The largest absolute Gasteiger partial charge is 0.349 e. The van der Waals surface area contributed by atoms with Crippen LogP contribution >= 0.6 is 0 Å². The van der Waals surface area contributed by atoms with Crippen LogP contribution in [0.3, 0.4) is 0 Å². The van der Waals surface area contributed by atoms with Gasteiger partial charge in [0.1, 0.15) is 0 Å².